The largest absolute Gasteiger partial charge is 0.465 e. The van der Waals surface area contributed by atoms with Gasteiger partial charge in [-0.15, -0.1) is 0 Å². The topological polar surface area (TPSA) is 31.2 Å². The second kappa shape index (κ2) is 3.84. The molecule has 2 aromatic rings. The van der Waals surface area contributed by atoms with Gasteiger partial charge in [-0.1, -0.05) is 0 Å². The first kappa shape index (κ1) is 10.5. The minimum Gasteiger partial charge on any atom is -0.465 e. The Morgan fingerprint density at radius 3 is 2.87 bits per heavy atom. The Bertz CT molecular complexity index is 531. The summed E-state index contributed by atoms with van der Waals surface area (Å²) in [4.78, 5) is 11.3. The van der Waals surface area contributed by atoms with E-state index in [1.807, 2.05) is 29.9 Å². The standard InChI is InChI=1S/C11H10INO2/c1-13-6-9(12)8-5-7(11(14)15-2)3-4-10(8)13/h3-6H,1-2H3. The van der Waals surface area contributed by atoms with E-state index in [0.717, 1.165) is 14.5 Å². The number of rotatable bonds is 1. The molecule has 4 heteroatoms. The van der Waals surface area contributed by atoms with Crippen LogP contribution in [0, 0.1) is 3.57 Å². The first-order chi connectivity index (χ1) is 7.13. The molecule has 1 aromatic heterocycles. The zero-order chi connectivity index (χ0) is 11.0. The van der Waals surface area contributed by atoms with Crippen molar-refractivity contribution in [2.75, 3.05) is 7.11 Å². The summed E-state index contributed by atoms with van der Waals surface area (Å²) in [7, 11) is 3.38. The number of nitrogens with zero attached hydrogens (tertiary/aromatic N) is 1. The second-order valence-corrected chi connectivity index (χ2v) is 4.47. The molecule has 78 valence electrons. The lowest BCUT2D eigenvalue weighted by Crippen LogP contribution is -2.00. The van der Waals surface area contributed by atoms with Crippen LogP contribution in [0.25, 0.3) is 10.9 Å². The average molecular weight is 315 g/mol. The third-order valence-corrected chi connectivity index (χ3v) is 3.22. The first-order valence-electron chi connectivity index (χ1n) is 4.46. The zero-order valence-electron chi connectivity index (χ0n) is 8.45. The molecule has 0 bridgehead atoms. The molecule has 0 radical (unpaired) electrons. The van der Waals surface area contributed by atoms with Gasteiger partial charge >= 0.3 is 5.97 Å². The summed E-state index contributed by atoms with van der Waals surface area (Å²) in [6, 6.07) is 5.58. The summed E-state index contributed by atoms with van der Waals surface area (Å²) >= 11 is 2.26. The molecule has 0 saturated carbocycles. The Morgan fingerprint density at radius 2 is 2.20 bits per heavy atom. The highest BCUT2D eigenvalue weighted by Crippen LogP contribution is 2.23. The van der Waals surface area contributed by atoms with E-state index in [1.54, 1.807) is 6.07 Å². The Kier molecular flexibility index (Phi) is 2.68. The van der Waals surface area contributed by atoms with E-state index in [9.17, 15) is 4.79 Å². The van der Waals surface area contributed by atoms with E-state index < -0.39 is 0 Å². The third-order valence-electron chi connectivity index (χ3n) is 2.36. The highest BCUT2D eigenvalue weighted by Gasteiger charge is 2.09. The van der Waals surface area contributed by atoms with E-state index >= 15 is 0 Å². The molecule has 0 N–H and O–H groups in total. The Balaban J connectivity index is 2.65. The molecule has 0 aliphatic carbocycles. The van der Waals surface area contributed by atoms with Gasteiger partial charge in [-0.3, -0.25) is 0 Å². The van der Waals surface area contributed by atoms with Gasteiger partial charge in [0.05, 0.1) is 12.7 Å². The van der Waals surface area contributed by atoms with Crippen molar-refractivity contribution in [3.63, 3.8) is 0 Å². The summed E-state index contributed by atoms with van der Waals surface area (Å²) in [5.41, 5.74) is 1.71. The Hall–Kier alpha value is -1.04. The van der Waals surface area contributed by atoms with Crippen LogP contribution in [0.1, 0.15) is 10.4 Å². The van der Waals surface area contributed by atoms with Crippen molar-refractivity contribution in [3.05, 3.63) is 33.5 Å². The average Bonchev–Trinajstić information content (AvgIpc) is 2.53. The fraction of sp³-hybridized carbons (Fsp3) is 0.182. The van der Waals surface area contributed by atoms with Crippen molar-refractivity contribution >= 4 is 39.5 Å². The van der Waals surface area contributed by atoms with Gasteiger partial charge in [-0.25, -0.2) is 4.79 Å². The van der Waals surface area contributed by atoms with Gasteiger partial charge in [0.15, 0.2) is 0 Å². The Labute approximate surface area is 101 Å². The zero-order valence-corrected chi connectivity index (χ0v) is 10.6. The smallest absolute Gasteiger partial charge is 0.337 e. The summed E-state index contributed by atoms with van der Waals surface area (Å²) in [5.74, 6) is -0.295. The maximum atomic E-state index is 11.3. The number of fused-ring (bicyclic) bond motifs is 1. The van der Waals surface area contributed by atoms with Crippen molar-refractivity contribution in [2.45, 2.75) is 0 Å². The van der Waals surface area contributed by atoms with Crippen LogP contribution in [0.3, 0.4) is 0 Å². The number of aryl methyl sites for hydroxylation is 1. The quantitative estimate of drug-likeness (QED) is 0.598. The molecule has 1 heterocycles. The molecule has 0 saturated heterocycles. The van der Waals surface area contributed by atoms with Gasteiger partial charge in [0.25, 0.3) is 0 Å². The molecule has 1 aromatic carbocycles. The molecule has 3 nitrogen and oxygen atoms in total. The van der Waals surface area contributed by atoms with Crippen molar-refractivity contribution in [3.8, 4) is 0 Å². The number of carbonyl (C=O) groups is 1. The molecule has 15 heavy (non-hydrogen) atoms. The first-order valence-corrected chi connectivity index (χ1v) is 5.54. The number of aromatic nitrogens is 1. The van der Waals surface area contributed by atoms with Gasteiger partial charge in [-0.05, 0) is 40.8 Å². The van der Waals surface area contributed by atoms with Crippen LogP contribution >= 0.6 is 22.6 Å². The highest BCUT2D eigenvalue weighted by molar-refractivity contribution is 14.1. The second-order valence-electron chi connectivity index (χ2n) is 3.31. The van der Waals surface area contributed by atoms with Crippen LogP contribution in [-0.2, 0) is 11.8 Å². The molecule has 0 atom stereocenters. The van der Waals surface area contributed by atoms with Gasteiger partial charge < -0.3 is 9.30 Å². The molecule has 0 amide bonds. The van der Waals surface area contributed by atoms with Gasteiger partial charge in [0.1, 0.15) is 0 Å². The highest BCUT2D eigenvalue weighted by atomic mass is 127. The molecule has 0 aliphatic heterocycles. The lowest BCUT2D eigenvalue weighted by Gasteiger charge is -2.00. The number of ether oxygens (including phenoxy) is 1. The lowest BCUT2D eigenvalue weighted by molar-refractivity contribution is 0.0601. The van der Waals surface area contributed by atoms with Crippen LogP contribution in [0.4, 0.5) is 0 Å². The number of benzene rings is 1. The minimum atomic E-state index is -0.295. The molecule has 0 spiro atoms. The van der Waals surface area contributed by atoms with Crippen molar-refractivity contribution in [1.82, 2.24) is 4.57 Å². The number of esters is 1. The van der Waals surface area contributed by atoms with E-state index in [2.05, 4.69) is 27.3 Å². The van der Waals surface area contributed by atoms with Crippen LogP contribution in [0.5, 0.6) is 0 Å². The number of methoxy groups -OCH3 is 1. The lowest BCUT2D eigenvalue weighted by atomic mass is 10.1. The summed E-state index contributed by atoms with van der Waals surface area (Å²) in [6.07, 6.45) is 2.03. The van der Waals surface area contributed by atoms with E-state index in [-0.39, 0.29) is 5.97 Å². The molecular formula is C11H10INO2. The molecule has 2 rings (SSSR count). The van der Waals surface area contributed by atoms with E-state index in [4.69, 9.17) is 0 Å². The van der Waals surface area contributed by atoms with E-state index in [1.165, 1.54) is 7.11 Å². The predicted molar refractivity (Wildman–Crippen MR) is 67.0 cm³/mol. The maximum Gasteiger partial charge on any atom is 0.337 e. The molecule has 0 unspecified atom stereocenters. The number of carbonyl (C=O) groups excluding carboxylic acids is 1. The van der Waals surface area contributed by atoms with Gasteiger partial charge in [-0.2, -0.15) is 0 Å². The monoisotopic (exact) mass is 315 g/mol. The fourth-order valence-electron chi connectivity index (χ4n) is 1.59. The van der Waals surface area contributed by atoms with Crippen LogP contribution in [0.15, 0.2) is 24.4 Å². The fourth-order valence-corrected chi connectivity index (χ4v) is 2.44. The Morgan fingerprint density at radius 1 is 1.47 bits per heavy atom. The summed E-state index contributed by atoms with van der Waals surface area (Å²) in [5, 5.41) is 1.08. The predicted octanol–water partition coefficient (Wildman–Crippen LogP) is 2.57. The van der Waals surface area contributed by atoms with Crippen LogP contribution < -0.4 is 0 Å². The van der Waals surface area contributed by atoms with Gasteiger partial charge in [0, 0.05) is 27.7 Å². The minimum absolute atomic E-state index is 0.295. The number of halogens is 1. The summed E-state index contributed by atoms with van der Waals surface area (Å²) < 4.78 is 7.86. The molecular weight excluding hydrogens is 305 g/mol. The summed E-state index contributed by atoms with van der Waals surface area (Å²) in [6.45, 7) is 0. The third kappa shape index (κ3) is 1.73. The van der Waals surface area contributed by atoms with Crippen molar-refractivity contribution in [2.24, 2.45) is 7.05 Å². The number of hydrogen-bond donors (Lipinski definition) is 0. The van der Waals surface area contributed by atoms with Crippen LogP contribution in [0.2, 0.25) is 0 Å². The van der Waals surface area contributed by atoms with Gasteiger partial charge in [0.2, 0.25) is 0 Å². The molecule has 0 fully saturated rings. The maximum absolute atomic E-state index is 11.3. The van der Waals surface area contributed by atoms with E-state index in [0.29, 0.717) is 5.56 Å². The number of hydrogen-bond acceptors (Lipinski definition) is 2. The van der Waals surface area contributed by atoms with Crippen LogP contribution in [-0.4, -0.2) is 17.6 Å². The SMILES string of the molecule is COC(=O)c1ccc2c(c1)c(I)cn2C. The van der Waals surface area contributed by atoms with Crippen molar-refractivity contribution in [1.29, 1.82) is 0 Å². The molecule has 0 aliphatic rings. The normalized spacial score (nSPS) is 10.6. The van der Waals surface area contributed by atoms with Crippen molar-refractivity contribution < 1.29 is 9.53 Å².